The van der Waals surface area contributed by atoms with Gasteiger partial charge < -0.3 is 0 Å². The van der Waals surface area contributed by atoms with Crippen molar-refractivity contribution in [3.05, 3.63) is 65.8 Å². The molecule has 1 aromatic carbocycles. The molecule has 0 aliphatic heterocycles. The Morgan fingerprint density at radius 1 is 1.08 bits per heavy atom. The Labute approximate surface area is 152 Å². The number of fused-ring (bicyclic) bond motifs is 1. The Hall–Kier alpha value is -2.72. The number of hydrogen-bond donors (Lipinski definition) is 3. The van der Waals surface area contributed by atoms with Crippen LogP contribution in [0.3, 0.4) is 0 Å². The van der Waals surface area contributed by atoms with Crippen LogP contribution in [-0.4, -0.2) is 21.6 Å². The minimum Gasteiger partial charge on any atom is -0.271 e. The number of H-pyrrole nitrogens is 1. The van der Waals surface area contributed by atoms with Gasteiger partial charge in [-0.3, -0.25) is 35.1 Å². The number of amides is 2. The zero-order chi connectivity index (χ0) is 18.0. The number of rotatable bonds is 3. The van der Waals surface area contributed by atoms with Crippen molar-refractivity contribution in [3.8, 4) is 0 Å². The van der Waals surface area contributed by atoms with Crippen molar-refractivity contribution in [2.75, 3.05) is 0 Å². The zero-order valence-corrected chi connectivity index (χ0v) is 14.9. The lowest BCUT2D eigenvalue weighted by Crippen LogP contribution is -2.45. The van der Waals surface area contributed by atoms with Gasteiger partial charge in [-0.05, 0) is 40.2 Å². The molecule has 2 amide bonds. The summed E-state index contributed by atoms with van der Waals surface area (Å²) in [5, 5.41) is 2.81. The molecule has 0 fully saturated rings. The summed E-state index contributed by atoms with van der Waals surface area (Å²) in [5.41, 5.74) is 3.47. The van der Waals surface area contributed by atoms with Gasteiger partial charge in [-0.1, -0.05) is 12.1 Å². The minimum atomic E-state index is -0.656. The maximum Gasteiger partial charge on any atom is 0.279 e. The van der Waals surface area contributed by atoms with Crippen LogP contribution in [0.5, 0.6) is 0 Å². The van der Waals surface area contributed by atoms with E-state index < -0.39 is 29.5 Å². The first-order chi connectivity index (χ1) is 12.0. The van der Waals surface area contributed by atoms with Gasteiger partial charge in [0.15, 0.2) is 0 Å². The topological polar surface area (TPSA) is 113 Å². The lowest BCUT2D eigenvalue weighted by Gasteiger charge is -2.08. The third kappa shape index (κ3) is 3.69. The summed E-state index contributed by atoms with van der Waals surface area (Å²) >= 11 is 4.45. The van der Waals surface area contributed by atoms with E-state index in [9.17, 15) is 19.2 Å². The van der Waals surface area contributed by atoms with Gasteiger partial charge >= 0.3 is 0 Å². The molecule has 3 rings (SSSR count). The molecule has 0 aliphatic rings. The molecular weight excluding hydrogens is 412 g/mol. The van der Waals surface area contributed by atoms with Gasteiger partial charge in [0.2, 0.25) is 0 Å². The van der Waals surface area contributed by atoms with E-state index in [1.54, 1.807) is 24.3 Å². The third-order valence-electron chi connectivity index (χ3n) is 3.30. The molecule has 25 heavy (non-hydrogen) atoms. The fourth-order valence-electron chi connectivity index (χ4n) is 2.17. The molecule has 0 unspecified atom stereocenters. The van der Waals surface area contributed by atoms with E-state index >= 15 is 0 Å². The van der Waals surface area contributed by atoms with Crippen molar-refractivity contribution in [1.29, 1.82) is 0 Å². The third-order valence-corrected chi connectivity index (χ3v) is 4.92. The summed E-state index contributed by atoms with van der Waals surface area (Å²) in [6.45, 7) is -0.437. The molecule has 0 saturated heterocycles. The van der Waals surface area contributed by atoms with Crippen molar-refractivity contribution >= 4 is 49.9 Å². The SMILES string of the molecule is O=C(Cn1[nH]c(=O)c2ccccc2c1=O)NNC(=O)c1ccc(Br)s1. The van der Waals surface area contributed by atoms with Crippen molar-refractivity contribution in [1.82, 2.24) is 20.6 Å². The highest BCUT2D eigenvalue weighted by Crippen LogP contribution is 2.21. The lowest BCUT2D eigenvalue weighted by molar-refractivity contribution is -0.122. The summed E-state index contributed by atoms with van der Waals surface area (Å²) in [7, 11) is 0. The fraction of sp³-hybridized carbons (Fsp3) is 0.0667. The normalized spacial score (nSPS) is 10.6. The summed E-state index contributed by atoms with van der Waals surface area (Å²) in [4.78, 5) is 48.5. The maximum absolute atomic E-state index is 12.3. The summed E-state index contributed by atoms with van der Waals surface area (Å²) in [6.07, 6.45) is 0. The molecule has 10 heteroatoms. The summed E-state index contributed by atoms with van der Waals surface area (Å²) < 4.78 is 1.68. The zero-order valence-electron chi connectivity index (χ0n) is 12.5. The first kappa shape index (κ1) is 17.1. The van der Waals surface area contributed by atoms with E-state index in [0.717, 1.165) is 8.47 Å². The van der Waals surface area contributed by atoms with Crippen molar-refractivity contribution < 1.29 is 9.59 Å². The smallest absolute Gasteiger partial charge is 0.271 e. The number of nitrogens with one attached hydrogen (secondary N) is 3. The van der Waals surface area contributed by atoms with Gasteiger partial charge in [0.1, 0.15) is 6.54 Å². The predicted molar refractivity (Wildman–Crippen MR) is 96.5 cm³/mol. The van der Waals surface area contributed by atoms with E-state index in [1.807, 2.05) is 0 Å². The second kappa shape index (κ2) is 7.03. The van der Waals surface area contributed by atoms with Gasteiger partial charge in [0.05, 0.1) is 19.4 Å². The molecule has 0 bridgehead atoms. The van der Waals surface area contributed by atoms with Crippen LogP contribution in [0.4, 0.5) is 0 Å². The highest BCUT2D eigenvalue weighted by Gasteiger charge is 2.12. The summed E-state index contributed by atoms with van der Waals surface area (Å²) in [5.74, 6) is -1.14. The number of carbonyl (C=O) groups is 2. The van der Waals surface area contributed by atoms with Gasteiger partial charge in [0, 0.05) is 0 Å². The van der Waals surface area contributed by atoms with Crippen LogP contribution in [0.2, 0.25) is 0 Å². The number of aromatic amines is 1. The van der Waals surface area contributed by atoms with Crippen LogP contribution in [-0.2, 0) is 11.3 Å². The van der Waals surface area contributed by atoms with E-state index in [0.29, 0.717) is 4.88 Å². The molecule has 128 valence electrons. The highest BCUT2D eigenvalue weighted by molar-refractivity contribution is 9.11. The van der Waals surface area contributed by atoms with Crippen LogP contribution in [0.15, 0.2) is 49.8 Å². The Morgan fingerprint density at radius 2 is 1.80 bits per heavy atom. The quantitative estimate of drug-likeness (QED) is 0.545. The Balaban J connectivity index is 1.72. The summed E-state index contributed by atoms with van der Waals surface area (Å²) in [6, 6.07) is 9.62. The number of carbonyl (C=O) groups excluding carboxylic acids is 2. The van der Waals surface area contributed by atoms with Crippen LogP contribution >= 0.6 is 27.3 Å². The van der Waals surface area contributed by atoms with Crippen molar-refractivity contribution in [2.45, 2.75) is 6.54 Å². The fourth-order valence-corrected chi connectivity index (χ4v) is 3.45. The monoisotopic (exact) mass is 422 g/mol. The van der Waals surface area contributed by atoms with E-state index in [-0.39, 0.29) is 10.8 Å². The second-order valence-electron chi connectivity index (χ2n) is 4.98. The first-order valence-electron chi connectivity index (χ1n) is 7.02. The van der Waals surface area contributed by atoms with Gasteiger partial charge in [-0.15, -0.1) is 11.3 Å². The number of hydrazine groups is 1. The molecule has 3 N–H and O–H groups in total. The van der Waals surface area contributed by atoms with Crippen LogP contribution < -0.4 is 22.0 Å². The molecule has 0 aliphatic carbocycles. The number of benzene rings is 1. The lowest BCUT2D eigenvalue weighted by atomic mass is 10.2. The molecule has 0 radical (unpaired) electrons. The molecular formula is C15H11BrN4O4S. The second-order valence-corrected chi connectivity index (χ2v) is 7.45. The van der Waals surface area contributed by atoms with Gasteiger partial charge in [0.25, 0.3) is 22.9 Å². The number of thiophene rings is 1. The number of halogens is 1. The molecule has 3 aromatic rings. The van der Waals surface area contributed by atoms with Crippen molar-refractivity contribution in [3.63, 3.8) is 0 Å². The van der Waals surface area contributed by atoms with E-state index in [4.69, 9.17) is 0 Å². The molecule has 2 aromatic heterocycles. The van der Waals surface area contributed by atoms with Gasteiger partial charge in [-0.25, -0.2) is 4.68 Å². The maximum atomic E-state index is 12.3. The Bertz CT molecular complexity index is 1080. The number of nitrogens with zero attached hydrogens (tertiary/aromatic N) is 1. The largest absolute Gasteiger partial charge is 0.279 e. The van der Waals surface area contributed by atoms with E-state index in [1.165, 1.54) is 23.5 Å². The highest BCUT2D eigenvalue weighted by atomic mass is 79.9. The van der Waals surface area contributed by atoms with Crippen LogP contribution in [0, 0.1) is 0 Å². The van der Waals surface area contributed by atoms with Gasteiger partial charge in [-0.2, -0.15) is 0 Å². The molecule has 2 heterocycles. The number of hydrogen-bond acceptors (Lipinski definition) is 5. The molecule has 0 spiro atoms. The predicted octanol–water partition coefficient (Wildman–Crippen LogP) is 0.975. The van der Waals surface area contributed by atoms with Crippen LogP contribution in [0.25, 0.3) is 10.8 Å². The first-order valence-corrected chi connectivity index (χ1v) is 8.63. The Kier molecular flexibility index (Phi) is 4.81. The van der Waals surface area contributed by atoms with Crippen LogP contribution in [0.1, 0.15) is 9.67 Å². The van der Waals surface area contributed by atoms with E-state index in [2.05, 4.69) is 31.9 Å². The minimum absolute atomic E-state index is 0.214. The Morgan fingerprint density at radius 3 is 2.48 bits per heavy atom. The molecule has 0 atom stereocenters. The standard InChI is InChI=1S/C15H11BrN4O4S/c16-11-6-5-10(25-11)14(23)18-17-12(21)7-20-15(24)9-4-2-1-3-8(9)13(22)19-20/h1-6H,7H2,(H,17,21)(H,18,23)(H,19,22). The average Bonchev–Trinajstić information content (AvgIpc) is 3.04. The average molecular weight is 423 g/mol. The number of aromatic nitrogens is 2. The molecule has 0 saturated carbocycles. The molecule has 8 nitrogen and oxygen atoms in total. The van der Waals surface area contributed by atoms with Crippen molar-refractivity contribution in [2.24, 2.45) is 0 Å².